The maximum absolute atomic E-state index is 10.8. The van der Waals surface area contributed by atoms with Gasteiger partial charge in [-0.2, -0.15) is 0 Å². The minimum atomic E-state index is -0.851. The van der Waals surface area contributed by atoms with Crippen molar-refractivity contribution in [2.75, 3.05) is 12.4 Å². The van der Waals surface area contributed by atoms with E-state index in [-0.39, 0.29) is 6.42 Å². The van der Waals surface area contributed by atoms with Crippen LogP contribution in [0.3, 0.4) is 0 Å². The number of carboxylic acids is 1. The third kappa shape index (κ3) is 4.55. The van der Waals surface area contributed by atoms with Crippen molar-refractivity contribution in [1.82, 2.24) is 9.97 Å². The zero-order valence-corrected chi connectivity index (χ0v) is 16.5. The van der Waals surface area contributed by atoms with E-state index >= 15 is 0 Å². The molecule has 144 valence electrons. The van der Waals surface area contributed by atoms with Crippen molar-refractivity contribution in [1.29, 1.82) is 0 Å². The maximum atomic E-state index is 10.8. The Morgan fingerprint density at radius 1 is 1.32 bits per heavy atom. The Hall–Kier alpha value is -3.19. The summed E-state index contributed by atoms with van der Waals surface area (Å²) in [5.74, 6) is 0.477. The van der Waals surface area contributed by atoms with E-state index in [9.17, 15) is 4.79 Å². The minimum Gasteiger partial charge on any atom is -0.487 e. The molecule has 0 radical (unpaired) electrons. The first kappa shape index (κ1) is 19.6. The first-order chi connectivity index (χ1) is 13.5. The number of anilines is 2. The SMILES string of the molecule is C=CCc1c(C)nc(-c2csc(OC)c2)nc1Nc1ccc(CC(=O)O)cc1. The highest BCUT2D eigenvalue weighted by Gasteiger charge is 2.14. The molecule has 0 amide bonds. The van der Waals surface area contributed by atoms with Gasteiger partial charge in [-0.25, -0.2) is 9.97 Å². The number of hydrogen-bond donors (Lipinski definition) is 2. The lowest BCUT2D eigenvalue weighted by Gasteiger charge is -2.14. The van der Waals surface area contributed by atoms with Gasteiger partial charge >= 0.3 is 5.97 Å². The molecule has 0 bridgehead atoms. The van der Waals surface area contributed by atoms with E-state index in [1.165, 1.54) is 11.3 Å². The van der Waals surface area contributed by atoms with Crippen molar-refractivity contribution in [3.05, 3.63) is 65.2 Å². The number of carbonyl (C=O) groups is 1. The van der Waals surface area contributed by atoms with Gasteiger partial charge in [0.05, 0.1) is 13.5 Å². The summed E-state index contributed by atoms with van der Waals surface area (Å²) in [6, 6.07) is 9.20. The summed E-state index contributed by atoms with van der Waals surface area (Å²) >= 11 is 1.49. The van der Waals surface area contributed by atoms with E-state index < -0.39 is 5.97 Å². The van der Waals surface area contributed by atoms with Crippen molar-refractivity contribution in [2.45, 2.75) is 19.8 Å². The first-order valence-electron chi connectivity index (χ1n) is 8.69. The van der Waals surface area contributed by atoms with Gasteiger partial charge in [0.2, 0.25) is 0 Å². The van der Waals surface area contributed by atoms with Crippen molar-refractivity contribution >= 4 is 28.8 Å². The van der Waals surface area contributed by atoms with Crippen LogP contribution in [-0.2, 0) is 17.6 Å². The Labute approximate surface area is 167 Å². The Kier molecular flexibility index (Phi) is 6.06. The number of nitrogens with one attached hydrogen (secondary N) is 1. The topological polar surface area (TPSA) is 84.3 Å². The standard InChI is InChI=1S/C21H21N3O3S/c1-4-5-17-13(2)22-20(15-11-19(27-3)28-12-15)24-21(17)23-16-8-6-14(7-9-16)10-18(25)26/h4,6-9,11-12H,1,5,10H2,2-3H3,(H,25,26)(H,22,23,24). The predicted octanol–water partition coefficient (Wildman–Crippen LogP) is 4.62. The summed E-state index contributed by atoms with van der Waals surface area (Å²) in [6.45, 7) is 5.78. The summed E-state index contributed by atoms with van der Waals surface area (Å²) in [4.78, 5) is 20.2. The second-order valence-corrected chi connectivity index (χ2v) is 7.08. The molecule has 7 heteroatoms. The number of aromatic nitrogens is 2. The van der Waals surface area contributed by atoms with Gasteiger partial charge in [-0.1, -0.05) is 18.2 Å². The van der Waals surface area contributed by atoms with E-state index in [1.54, 1.807) is 19.2 Å². The van der Waals surface area contributed by atoms with Crippen LogP contribution in [0.4, 0.5) is 11.5 Å². The normalized spacial score (nSPS) is 10.5. The molecule has 0 atom stereocenters. The van der Waals surface area contributed by atoms with Gasteiger partial charge in [0.1, 0.15) is 5.82 Å². The maximum Gasteiger partial charge on any atom is 0.307 e. The molecule has 0 spiro atoms. The molecule has 6 nitrogen and oxygen atoms in total. The molecule has 1 aromatic carbocycles. The van der Waals surface area contributed by atoms with E-state index in [0.29, 0.717) is 18.1 Å². The Morgan fingerprint density at radius 3 is 2.68 bits per heavy atom. The lowest BCUT2D eigenvalue weighted by Crippen LogP contribution is -2.05. The summed E-state index contributed by atoms with van der Waals surface area (Å²) in [7, 11) is 1.63. The molecule has 0 aliphatic rings. The van der Waals surface area contributed by atoms with Gasteiger partial charge in [0.25, 0.3) is 0 Å². The van der Waals surface area contributed by atoms with Gasteiger partial charge in [-0.05, 0) is 31.0 Å². The molecule has 0 saturated heterocycles. The first-order valence-corrected chi connectivity index (χ1v) is 9.57. The molecule has 0 aliphatic heterocycles. The fourth-order valence-corrected chi connectivity index (χ4v) is 3.48. The zero-order valence-electron chi connectivity index (χ0n) is 15.7. The summed E-state index contributed by atoms with van der Waals surface area (Å²) in [5.41, 5.74) is 4.31. The number of nitrogens with zero attached hydrogens (tertiary/aromatic N) is 2. The third-order valence-corrected chi connectivity index (χ3v) is 5.06. The number of hydrogen-bond acceptors (Lipinski definition) is 6. The number of thiophene rings is 1. The van der Waals surface area contributed by atoms with Crippen molar-refractivity contribution in [3.63, 3.8) is 0 Å². The monoisotopic (exact) mass is 395 g/mol. The number of aliphatic carboxylic acids is 1. The second kappa shape index (κ2) is 8.67. The summed E-state index contributed by atoms with van der Waals surface area (Å²) in [5, 5.41) is 15.0. The van der Waals surface area contributed by atoms with E-state index in [1.807, 2.05) is 36.6 Å². The lowest BCUT2D eigenvalue weighted by molar-refractivity contribution is -0.136. The van der Waals surface area contributed by atoms with Gasteiger partial charge in [-0.3, -0.25) is 4.79 Å². The van der Waals surface area contributed by atoms with Crippen LogP contribution in [0.15, 0.2) is 48.4 Å². The van der Waals surface area contributed by atoms with E-state index in [0.717, 1.165) is 33.1 Å². The van der Waals surface area contributed by atoms with Gasteiger partial charge in [0, 0.05) is 34.0 Å². The highest BCUT2D eigenvalue weighted by atomic mass is 32.1. The van der Waals surface area contributed by atoms with E-state index in [2.05, 4.69) is 16.9 Å². The van der Waals surface area contributed by atoms with Crippen LogP contribution < -0.4 is 10.1 Å². The molecule has 2 heterocycles. The number of benzene rings is 1. The number of methoxy groups -OCH3 is 1. The molecule has 2 aromatic heterocycles. The highest BCUT2D eigenvalue weighted by Crippen LogP contribution is 2.31. The van der Waals surface area contributed by atoms with Crippen molar-refractivity contribution < 1.29 is 14.6 Å². The van der Waals surface area contributed by atoms with Crippen LogP contribution in [0.25, 0.3) is 11.4 Å². The number of rotatable bonds is 8. The van der Waals surface area contributed by atoms with Crippen LogP contribution in [0.2, 0.25) is 0 Å². The Bertz CT molecular complexity index is 997. The molecular weight excluding hydrogens is 374 g/mol. The molecule has 0 saturated carbocycles. The Morgan fingerprint density at radius 2 is 2.07 bits per heavy atom. The van der Waals surface area contributed by atoms with E-state index in [4.69, 9.17) is 14.8 Å². The highest BCUT2D eigenvalue weighted by molar-refractivity contribution is 7.12. The molecule has 0 fully saturated rings. The van der Waals surface area contributed by atoms with Gasteiger partial charge in [-0.15, -0.1) is 17.9 Å². The largest absolute Gasteiger partial charge is 0.487 e. The molecule has 2 N–H and O–H groups in total. The van der Waals surface area contributed by atoms with Crippen LogP contribution in [0.1, 0.15) is 16.8 Å². The third-order valence-electron chi connectivity index (χ3n) is 4.17. The average molecular weight is 395 g/mol. The second-order valence-electron chi connectivity index (χ2n) is 6.20. The summed E-state index contributed by atoms with van der Waals surface area (Å²) < 4.78 is 5.27. The van der Waals surface area contributed by atoms with Crippen LogP contribution >= 0.6 is 11.3 Å². The average Bonchev–Trinajstić information content (AvgIpc) is 3.15. The molecule has 0 aliphatic carbocycles. The number of allylic oxidation sites excluding steroid dienone is 1. The van der Waals surface area contributed by atoms with Crippen LogP contribution in [-0.4, -0.2) is 28.2 Å². The van der Waals surface area contributed by atoms with Crippen LogP contribution in [0.5, 0.6) is 5.06 Å². The number of aryl methyl sites for hydroxylation is 1. The number of carboxylic acid groups (broad SMARTS) is 1. The minimum absolute atomic E-state index is 0.00124. The fraction of sp³-hybridized carbons (Fsp3) is 0.190. The lowest BCUT2D eigenvalue weighted by atomic mass is 10.1. The molecule has 0 unspecified atom stereocenters. The molecule has 3 aromatic rings. The molecule has 28 heavy (non-hydrogen) atoms. The van der Waals surface area contributed by atoms with Crippen LogP contribution in [0, 0.1) is 6.92 Å². The molecular formula is C21H21N3O3S. The summed E-state index contributed by atoms with van der Waals surface area (Å²) in [6.07, 6.45) is 2.46. The zero-order chi connectivity index (χ0) is 20.1. The van der Waals surface area contributed by atoms with Crippen molar-refractivity contribution in [3.8, 4) is 16.5 Å². The fourth-order valence-electron chi connectivity index (χ4n) is 2.78. The quantitative estimate of drug-likeness (QED) is 0.541. The molecule has 3 rings (SSSR count). The smallest absolute Gasteiger partial charge is 0.307 e. The van der Waals surface area contributed by atoms with Gasteiger partial charge in [0.15, 0.2) is 10.9 Å². The Balaban J connectivity index is 1.95. The number of ether oxygens (including phenoxy) is 1. The van der Waals surface area contributed by atoms with Crippen molar-refractivity contribution in [2.24, 2.45) is 0 Å². The van der Waals surface area contributed by atoms with Gasteiger partial charge < -0.3 is 15.2 Å². The predicted molar refractivity (Wildman–Crippen MR) is 112 cm³/mol.